The number of rotatable bonds is 8. The molecule has 1 aliphatic heterocycles. The Balaban J connectivity index is 1.68. The molecule has 21 heavy (non-hydrogen) atoms. The van der Waals surface area contributed by atoms with Crippen molar-refractivity contribution in [1.29, 1.82) is 0 Å². The monoisotopic (exact) mass is 294 g/mol. The van der Waals surface area contributed by atoms with Gasteiger partial charge in [0.05, 0.1) is 38.5 Å². The Bertz CT molecular complexity index is 381. The van der Waals surface area contributed by atoms with E-state index < -0.39 is 13.1 Å². The zero-order valence-electron chi connectivity index (χ0n) is 12.2. The Kier molecular flexibility index (Phi) is 7.19. The maximum absolute atomic E-state index is 9.40. The van der Waals surface area contributed by atoms with Crippen LogP contribution in [0.5, 0.6) is 0 Å². The molecule has 116 valence electrons. The van der Waals surface area contributed by atoms with Crippen LogP contribution in [-0.4, -0.2) is 49.1 Å². The highest BCUT2D eigenvalue weighted by atomic mass is 16.6. The van der Waals surface area contributed by atoms with Crippen LogP contribution in [0.4, 0.5) is 0 Å². The van der Waals surface area contributed by atoms with E-state index in [9.17, 15) is 10.0 Å². The maximum atomic E-state index is 9.40. The molecule has 1 heterocycles. The third kappa shape index (κ3) is 6.15. The van der Waals surface area contributed by atoms with E-state index in [0.717, 1.165) is 18.4 Å². The molecule has 2 N–H and O–H groups in total. The van der Waals surface area contributed by atoms with Crippen LogP contribution in [-0.2, 0) is 20.8 Å². The molecule has 1 aromatic rings. The molecule has 6 heteroatoms. The number of hydrogen-bond acceptors (Lipinski definition) is 5. The van der Waals surface area contributed by atoms with Crippen molar-refractivity contribution in [3.8, 4) is 0 Å². The topological polar surface area (TPSA) is 68.2 Å². The second kappa shape index (κ2) is 9.17. The molecule has 0 spiro atoms. The van der Waals surface area contributed by atoms with Gasteiger partial charge in [0, 0.05) is 0 Å². The molecule has 1 aromatic carbocycles. The summed E-state index contributed by atoms with van der Waals surface area (Å²) in [4.78, 5) is 0. The quantitative estimate of drug-likeness (QED) is 0.704. The van der Waals surface area contributed by atoms with Gasteiger partial charge in [-0.1, -0.05) is 30.3 Å². The van der Waals surface area contributed by atoms with Crippen LogP contribution in [0.1, 0.15) is 24.8 Å². The molecule has 0 saturated carbocycles. The number of benzene rings is 1. The van der Waals surface area contributed by atoms with Gasteiger partial charge in [-0.2, -0.15) is 0 Å². The highest BCUT2D eigenvalue weighted by molar-refractivity contribution is 6.42. The van der Waals surface area contributed by atoms with Gasteiger partial charge in [0.1, 0.15) is 0 Å². The SMILES string of the molecule is OB(O)C(CCCC1COCCO1)OCc1ccccc1. The minimum Gasteiger partial charge on any atom is -0.425 e. The van der Waals surface area contributed by atoms with Gasteiger partial charge >= 0.3 is 7.12 Å². The van der Waals surface area contributed by atoms with Crippen molar-refractivity contribution in [2.75, 3.05) is 19.8 Å². The van der Waals surface area contributed by atoms with Crippen LogP contribution < -0.4 is 0 Å². The fourth-order valence-electron chi connectivity index (χ4n) is 2.35. The molecule has 2 atom stereocenters. The second-order valence-corrected chi connectivity index (χ2v) is 5.25. The summed E-state index contributed by atoms with van der Waals surface area (Å²) in [5.74, 6) is 0. The lowest BCUT2D eigenvalue weighted by atomic mass is 9.79. The third-order valence-corrected chi connectivity index (χ3v) is 3.54. The molecule has 0 radical (unpaired) electrons. The first-order valence-electron chi connectivity index (χ1n) is 7.46. The van der Waals surface area contributed by atoms with E-state index in [1.54, 1.807) is 0 Å². The first-order chi connectivity index (χ1) is 10.3. The predicted octanol–water partition coefficient (Wildman–Crippen LogP) is 1.17. The van der Waals surface area contributed by atoms with Crippen LogP contribution >= 0.6 is 0 Å². The second-order valence-electron chi connectivity index (χ2n) is 5.25. The van der Waals surface area contributed by atoms with Gasteiger partial charge in [0.25, 0.3) is 0 Å². The van der Waals surface area contributed by atoms with Crippen molar-refractivity contribution in [1.82, 2.24) is 0 Å². The predicted molar refractivity (Wildman–Crippen MR) is 79.6 cm³/mol. The van der Waals surface area contributed by atoms with Gasteiger partial charge in [-0.25, -0.2) is 0 Å². The Labute approximate surface area is 126 Å². The summed E-state index contributed by atoms with van der Waals surface area (Å²) >= 11 is 0. The van der Waals surface area contributed by atoms with Crippen molar-refractivity contribution >= 4 is 7.12 Å². The standard InChI is InChI=1S/C15H23BO5/c17-16(18)15(21-11-13-5-2-1-3-6-13)8-4-7-14-12-19-9-10-20-14/h1-3,5-6,14-15,17-18H,4,7-12H2. The molecule has 1 fully saturated rings. The van der Waals surface area contributed by atoms with Crippen LogP contribution in [0.15, 0.2) is 30.3 Å². The van der Waals surface area contributed by atoms with Crippen molar-refractivity contribution in [2.45, 2.75) is 38.0 Å². The molecular formula is C15H23BO5. The van der Waals surface area contributed by atoms with Crippen molar-refractivity contribution in [3.63, 3.8) is 0 Å². The molecular weight excluding hydrogens is 271 g/mol. The average molecular weight is 294 g/mol. The van der Waals surface area contributed by atoms with Gasteiger partial charge in [0.2, 0.25) is 0 Å². The molecule has 5 nitrogen and oxygen atoms in total. The molecule has 1 saturated heterocycles. The average Bonchev–Trinajstić information content (AvgIpc) is 2.52. The van der Waals surface area contributed by atoms with Crippen molar-refractivity contribution in [2.24, 2.45) is 0 Å². The summed E-state index contributed by atoms with van der Waals surface area (Å²) in [6.45, 7) is 2.30. The molecule has 0 aliphatic carbocycles. The molecule has 2 unspecified atom stereocenters. The Morgan fingerprint density at radius 2 is 2.05 bits per heavy atom. The van der Waals surface area contributed by atoms with E-state index in [2.05, 4.69) is 0 Å². The summed E-state index contributed by atoms with van der Waals surface area (Å²) in [5.41, 5.74) is 1.02. The summed E-state index contributed by atoms with van der Waals surface area (Å²) < 4.78 is 16.5. The Morgan fingerprint density at radius 1 is 1.24 bits per heavy atom. The van der Waals surface area contributed by atoms with Crippen LogP contribution in [0, 0.1) is 0 Å². The normalized spacial score (nSPS) is 20.2. The van der Waals surface area contributed by atoms with Gasteiger partial charge in [0.15, 0.2) is 0 Å². The summed E-state index contributed by atoms with van der Waals surface area (Å²) in [6, 6.07) is 9.14. The van der Waals surface area contributed by atoms with Crippen LogP contribution in [0.2, 0.25) is 0 Å². The van der Waals surface area contributed by atoms with Gasteiger partial charge in [-0.15, -0.1) is 0 Å². The van der Waals surface area contributed by atoms with E-state index >= 15 is 0 Å². The van der Waals surface area contributed by atoms with E-state index in [4.69, 9.17) is 14.2 Å². The van der Waals surface area contributed by atoms with Gasteiger partial charge in [-0.05, 0) is 24.8 Å². The fraction of sp³-hybridized carbons (Fsp3) is 0.600. The largest absolute Gasteiger partial charge is 0.482 e. The lowest BCUT2D eigenvalue weighted by Gasteiger charge is -2.23. The zero-order chi connectivity index (χ0) is 14.9. The lowest BCUT2D eigenvalue weighted by Crippen LogP contribution is -2.34. The highest BCUT2D eigenvalue weighted by Crippen LogP contribution is 2.14. The van der Waals surface area contributed by atoms with Gasteiger partial charge in [-0.3, -0.25) is 0 Å². The molecule has 1 aliphatic rings. The zero-order valence-corrected chi connectivity index (χ0v) is 12.2. The van der Waals surface area contributed by atoms with E-state index in [0.29, 0.717) is 32.8 Å². The Morgan fingerprint density at radius 3 is 2.71 bits per heavy atom. The number of ether oxygens (including phenoxy) is 3. The molecule has 0 aromatic heterocycles. The van der Waals surface area contributed by atoms with Crippen LogP contribution in [0.25, 0.3) is 0 Å². The minimum absolute atomic E-state index is 0.115. The Hall–Kier alpha value is -0.915. The van der Waals surface area contributed by atoms with E-state index in [1.165, 1.54) is 0 Å². The van der Waals surface area contributed by atoms with E-state index in [1.807, 2.05) is 30.3 Å². The molecule has 2 rings (SSSR count). The fourth-order valence-corrected chi connectivity index (χ4v) is 2.35. The summed E-state index contributed by atoms with van der Waals surface area (Å²) in [7, 11) is -1.46. The smallest absolute Gasteiger partial charge is 0.425 e. The molecule has 0 bridgehead atoms. The van der Waals surface area contributed by atoms with E-state index in [-0.39, 0.29) is 6.10 Å². The van der Waals surface area contributed by atoms with Crippen molar-refractivity contribution < 1.29 is 24.3 Å². The third-order valence-electron chi connectivity index (χ3n) is 3.54. The highest BCUT2D eigenvalue weighted by Gasteiger charge is 2.24. The van der Waals surface area contributed by atoms with Gasteiger partial charge < -0.3 is 24.3 Å². The van der Waals surface area contributed by atoms with Crippen LogP contribution in [0.3, 0.4) is 0 Å². The number of hydrogen-bond donors (Lipinski definition) is 2. The first kappa shape index (κ1) is 16.5. The lowest BCUT2D eigenvalue weighted by molar-refractivity contribution is -0.0919. The summed E-state index contributed by atoms with van der Waals surface area (Å²) in [6.07, 6.45) is 2.36. The minimum atomic E-state index is -1.46. The van der Waals surface area contributed by atoms with Crippen molar-refractivity contribution in [3.05, 3.63) is 35.9 Å². The summed E-state index contributed by atoms with van der Waals surface area (Å²) in [5, 5.41) is 18.8. The first-order valence-corrected chi connectivity index (χ1v) is 7.46. The maximum Gasteiger partial charge on any atom is 0.482 e. The molecule has 0 amide bonds.